The van der Waals surface area contributed by atoms with E-state index in [1.54, 1.807) is 0 Å². The van der Waals surface area contributed by atoms with Crippen molar-refractivity contribution in [2.45, 2.75) is 45.2 Å². The summed E-state index contributed by atoms with van der Waals surface area (Å²) in [6.45, 7) is 4.56. The summed E-state index contributed by atoms with van der Waals surface area (Å²) < 4.78 is 0. The number of hydrogen-bond acceptors (Lipinski definition) is 1. The molecule has 1 fully saturated rings. The molecule has 2 heteroatoms. The molecule has 2 rings (SSSR count). The summed E-state index contributed by atoms with van der Waals surface area (Å²) in [7, 11) is 0. The summed E-state index contributed by atoms with van der Waals surface area (Å²) in [5.41, 5.74) is 1.28. The van der Waals surface area contributed by atoms with E-state index in [9.17, 15) is 0 Å². The van der Waals surface area contributed by atoms with E-state index in [1.807, 2.05) is 12.1 Å². The van der Waals surface area contributed by atoms with E-state index in [-0.39, 0.29) is 0 Å². The summed E-state index contributed by atoms with van der Waals surface area (Å²) in [4.78, 5) is 0. The fraction of sp³-hybridized carbons (Fsp3) is 0.571. The van der Waals surface area contributed by atoms with Crippen LogP contribution in [-0.4, -0.2) is 6.04 Å². The van der Waals surface area contributed by atoms with Gasteiger partial charge in [0.25, 0.3) is 0 Å². The Morgan fingerprint density at radius 1 is 1.38 bits per heavy atom. The molecule has 1 aromatic rings. The monoisotopic (exact) mass is 237 g/mol. The van der Waals surface area contributed by atoms with Gasteiger partial charge in [0.05, 0.1) is 0 Å². The first kappa shape index (κ1) is 11.9. The highest BCUT2D eigenvalue weighted by molar-refractivity contribution is 6.30. The van der Waals surface area contributed by atoms with Crippen LogP contribution in [0.5, 0.6) is 0 Å². The van der Waals surface area contributed by atoms with Crippen LogP contribution in [0.2, 0.25) is 5.02 Å². The normalized spacial score (nSPS) is 26.9. The van der Waals surface area contributed by atoms with Gasteiger partial charge in [0.2, 0.25) is 0 Å². The van der Waals surface area contributed by atoms with Crippen LogP contribution in [0.25, 0.3) is 0 Å². The summed E-state index contributed by atoms with van der Waals surface area (Å²) in [5.74, 6) is 0.879. The van der Waals surface area contributed by atoms with Crippen molar-refractivity contribution in [1.82, 2.24) is 5.32 Å². The highest BCUT2D eigenvalue weighted by Gasteiger charge is 2.22. The third kappa shape index (κ3) is 2.99. The second-order valence-electron chi connectivity index (χ2n) is 5.06. The molecule has 16 heavy (non-hydrogen) atoms. The number of halogens is 1. The molecular weight excluding hydrogens is 218 g/mol. The summed E-state index contributed by atoms with van der Waals surface area (Å²) in [6, 6.07) is 9.22. The Balaban J connectivity index is 1.95. The van der Waals surface area contributed by atoms with Crippen LogP contribution in [0, 0.1) is 5.92 Å². The second kappa shape index (κ2) is 5.20. The van der Waals surface area contributed by atoms with Gasteiger partial charge in [0, 0.05) is 17.1 Å². The summed E-state index contributed by atoms with van der Waals surface area (Å²) in [5, 5.41) is 4.52. The van der Waals surface area contributed by atoms with Gasteiger partial charge < -0.3 is 5.32 Å². The maximum absolute atomic E-state index is 6.00. The van der Waals surface area contributed by atoms with Crippen LogP contribution in [0.3, 0.4) is 0 Å². The molecule has 0 spiro atoms. The largest absolute Gasteiger partial charge is 0.307 e. The van der Waals surface area contributed by atoms with Crippen molar-refractivity contribution >= 4 is 11.6 Å². The van der Waals surface area contributed by atoms with Crippen LogP contribution in [0.1, 0.15) is 44.7 Å². The summed E-state index contributed by atoms with van der Waals surface area (Å²) in [6.07, 6.45) is 3.98. The average molecular weight is 238 g/mol. The van der Waals surface area contributed by atoms with Crippen molar-refractivity contribution in [3.63, 3.8) is 0 Å². The van der Waals surface area contributed by atoms with Crippen LogP contribution < -0.4 is 5.32 Å². The third-order valence-corrected chi connectivity index (χ3v) is 3.76. The molecule has 88 valence electrons. The Kier molecular flexibility index (Phi) is 3.88. The molecule has 0 bridgehead atoms. The van der Waals surface area contributed by atoms with Crippen molar-refractivity contribution in [2.75, 3.05) is 0 Å². The van der Waals surface area contributed by atoms with Gasteiger partial charge in [0.15, 0.2) is 0 Å². The minimum Gasteiger partial charge on any atom is -0.307 e. The molecule has 1 N–H and O–H groups in total. The molecule has 3 atom stereocenters. The van der Waals surface area contributed by atoms with Crippen LogP contribution >= 0.6 is 11.6 Å². The lowest BCUT2D eigenvalue weighted by atomic mass is 10.1. The first-order valence-corrected chi connectivity index (χ1v) is 6.54. The molecule has 1 nitrogen and oxygen atoms in total. The molecule has 3 unspecified atom stereocenters. The van der Waals surface area contributed by atoms with E-state index >= 15 is 0 Å². The number of rotatable bonds is 3. The lowest BCUT2D eigenvalue weighted by Gasteiger charge is -2.20. The van der Waals surface area contributed by atoms with Gasteiger partial charge in [-0.25, -0.2) is 0 Å². The van der Waals surface area contributed by atoms with E-state index in [4.69, 9.17) is 11.6 Å². The lowest BCUT2D eigenvalue weighted by molar-refractivity contribution is 0.449. The van der Waals surface area contributed by atoms with E-state index in [2.05, 4.69) is 31.3 Å². The predicted molar refractivity (Wildman–Crippen MR) is 69.8 cm³/mol. The highest BCUT2D eigenvalue weighted by atomic mass is 35.5. The molecule has 1 aromatic carbocycles. The van der Waals surface area contributed by atoms with Crippen molar-refractivity contribution in [1.29, 1.82) is 0 Å². The Hall–Kier alpha value is -0.530. The Morgan fingerprint density at radius 3 is 2.81 bits per heavy atom. The smallest absolute Gasteiger partial charge is 0.0409 e. The number of nitrogens with one attached hydrogen (secondary N) is 1. The average Bonchev–Trinajstić information content (AvgIpc) is 2.64. The Labute approximate surface area is 103 Å². The van der Waals surface area contributed by atoms with Crippen LogP contribution in [0.4, 0.5) is 0 Å². The van der Waals surface area contributed by atoms with E-state index in [1.165, 1.54) is 24.8 Å². The molecule has 0 aromatic heterocycles. The van der Waals surface area contributed by atoms with Gasteiger partial charge in [-0.3, -0.25) is 0 Å². The minimum atomic E-state index is 0.397. The third-order valence-electron chi connectivity index (χ3n) is 3.53. The Bertz CT molecular complexity index is 350. The van der Waals surface area contributed by atoms with Gasteiger partial charge in [-0.2, -0.15) is 0 Å². The van der Waals surface area contributed by atoms with Gasteiger partial charge in [-0.1, -0.05) is 30.7 Å². The van der Waals surface area contributed by atoms with Gasteiger partial charge in [-0.15, -0.1) is 0 Å². The van der Waals surface area contributed by atoms with Gasteiger partial charge in [-0.05, 0) is 49.8 Å². The van der Waals surface area contributed by atoms with Crippen molar-refractivity contribution < 1.29 is 0 Å². The first-order valence-electron chi connectivity index (χ1n) is 6.16. The molecule has 1 saturated carbocycles. The molecule has 0 radical (unpaired) electrons. The van der Waals surface area contributed by atoms with Crippen molar-refractivity contribution in [2.24, 2.45) is 5.92 Å². The summed E-state index contributed by atoms with van der Waals surface area (Å²) >= 11 is 6.00. The molecule has 0 amide bonds. The maximum atomic E-state index is 6.00. The fourth-order valence-corrected chi connectivity index (χ4v) is 2.78. The maximum Gasteiger partial charge on any atom is 0.0409 e. The Morgan fingerprint density at radius 2 is 2.19 bits per heavy atom. The zero-order chi connectivity index (χ0) is 11.5. The molecule has 0 saturated heterocycles. The minimum absolute atomic E-state index is 0.397. The molecule has 0 heterocycles. The van der Waals surface area contributed by atoms with Crippen molar-refractivity contribution in [3.05, 3.63) is 34.9 Å². The topological polar surface area (TPSA) is 12.0 Å². The van der Waals surface area contributed by atoms with E-state index in [0.717, 1.165) is 10.9 Å². The van der Waals surface area contributed by atoms with Crippen LogP contribution in [-0.2, 0) is 0 Å². The molecule has 1 aliphatic carbocycles. The zero-order valence-electron chi connectivity index (χ0n) is 10.0. The lowest BCUT2D eigenvalue weighted by Crippen LogP contribution is -2.29. The number of hydrogen-bond donors (Lipinski definition) is 1. The quantitative estimate of drug-likeness (QED) is 0.832. The van der Waals surface area contributed by atoms with Crippen LogP contribution in [0.15, 0.2) is 24.3 Å². The molecule has 1 aliphatic rings. The highest BCUT2D eigenvalue weighted by Crippen LogP contribution is 2.27. The number of benzene rings is 1. The molecular formula is C14H20ClN. The molecule has 0 aliphatic heterocycles. The fourth-order valence-electron chi connectivity index (χ4n) is 2.58. The SMILES string of the molecule is CC1CCC(NC(C)c2cccc(Cl)c2)C1. The predicted octanol–water partition coefficient (Wildman–Crippen LogP) is 4.18. The van der Waals surface area contributed by atoms with E-state index in [0.29, 0.717) is 12.1 Å². The zero-order valence-corrected chi connectivity index (χ0v) is 10.8. The van der Waals surface area contributed by atoms with E-state index < -0.39 is 0 Å². The second-order valence-corrected chi connectivity index (χ2v) is 5.49. The first-order chi connectivity index (χ1) is 7.65. The van der Waals surface area contributed by atoms with Gasteiger partial charge >= 0.3 is 0 Å². The van der Waals surface area contributed by atoms with Gasteiger partial charge in [0.1, 0.15) is 0 Å². The standard InChI is InChI=1S/C14H20ClN/c1-10-6-7-14(8-10)16-11(2)12-4-3-5-13(15)9-12/h3-5,9-11,14,16H,6-8H2,1-2H3. The van der Waals surface area contributed by atoms with Crippen molar-refractivity contribution in [3.8, 4) is 0 Å².